The van der Waals surface area contributed by atoms with Crippen molar-refractivity contribution in [2.45, 2.75) is 56.2 Å². The first-order chi connectivity index (χ1) is 14.4. The number of carboxylic acid groups (broad SMARTS) is 1. The average molecular weight is 469 g/mol. The third-order valence-electron chi connectivity index (χ3n) is 5.50. The summed E-state index contributed by atoms with van der Waals surface area (Å²) in [5.41, 5.74) is 0.926. The highest BCUT2D eigenvalue weighted by atomic mass is 32.2. The molecule has 0 amide bonds. The predicted molar refractivity (Wildman–Crippen MR) is 102 cm³/mol. The Bertz CT molecular complexity index is 868. The number of alkyl halides is 3. The number of nitrogens with one attached hydrogen (secondary N) is 1. The third-order valence-corrected chi connectivity index (χ3v) is 7.42. The van der Waals surface area contributed by atoms with Crippen LogP contribution in [-0.2, 0) is 26.1 Å². The molecular weight excluding hydrogens is 443 g/mol. The van der Waals surface area contributed by atoms with Gasteiger partial charge < -0.3 is 14.4 Å². The van der Waals surface area contributed by atoms with Crippen LogP contribution < -0.4 is 4.72 Å². The van der Waals surface area contributed by atoms with Crippen LogP contribution in [0.4, 0.5) is 13.2 Å². The SMILES string of the molecule is Cc1cc(CN2CC3(CCC(CNS(=O)(=O)C4CC4)CO3)C2)no1.O=C(O)C(F)(F)F. The first-order valence-electron chi connectivity index (χ1n) is 9.96. The van der Waals surface area contributed by atoms with Crippen molar-refractivity contribution in [3.05, 3.63) is 17.5 Å². The maximum atomic E-state index is 11.9. The molecule has 176 valence electrons. The van der Waals surface area contributed by atoms with E-state index >= 15 is 0 Å². The Kier molecular flexibility index (Phi) is 6.99. The van der Waals surface area contributed by atoms with Crippen molar-refractivity contribution in [1.29, 1.82) is 0 Å². The van der Waals surface area contributed by atoms with Gasteiger partial charge in [-0.1, -0.05) is 5.16 Å². The molecule has 1 atom stereocenters. The summed E-state index contributed by atoms with van der Waals surface area (Å²) in [6.45, 7) is 5.68. The summed E-state index contributed by atoms with van der Waals surface area (Å²) in [5.74, 6) is -1.63. The van der Waals surface area contributed by atoms with Gasteiger partial charge >= 0.3 is 12.1 Å². The zero-order valence-electron chi connectivity index (χ0n) is 17.0. The second-order valence-corrected chi connectivity index (χ2v) is 10.4. The fourth-order valence-corrected chi connectivity index (χ4v) is 5.12. The van der Waals surface area contributed by atoms with Gasteiger partial charge in [-0.25, -0.2) is 17.9 Å². The molecule has 1 aliphatic carbocycles. The maximum Gasteiger partial charge on any atom is 0.490 e. The van der Waals surface area contributed by atoms with Crippen molar-refractivity contribution in [1.82, 2.24) is 14.8 Å². The van der Waals surface area contributed by atoms with Crippen molar-refractivity contribution in [2.24, 2.45) is 5.92 Å². The molecule has 2 saturated heterocycles. The minimum Gasteiger partial charge on any atom is -0.475 e. The number of aryl methyl sites for hydroxylation is 1. The quantitative estimate of drug-likeness (QED) is 0.645. The van der Waals surface area contributed by atoms with E-state index in [2.05, 4.69) is 14.8 Å². The van der Waals surface area contributed by atoms with Gasteiger partial charge in [0.15, 0.2) is 0 Å². The first kappa shape index (κ1) is 24.0. The first-order valence-corrected chi connectivity index (χ1v) is 11.5. The number of nitrogens with zero attached hydrogens (tertiary/aromatic N) is 2. The van der Waals surface area contributed by atoms with Crippen LogP contribution in [0.2, 0.25) is 0 Å². The van der Waals surface area contributed by atoms with E-state index in [-0.39, 0.29) is 16.8 Å². The summed E-state index contributed by atoms with van der Waals surface area (Å²) in [7, 11) is -3.08. The molecule has 1 unspecified atom stereocenters. The van der Waals surface area contributed by atoms with Crippen molar-refractivity contribution in [3.8, 4) is 0 Å². The van der Waals surface area contributed by atoms with E-state index in [0.29, 0.717) is 13.2 Å². The van der Waals surface area contributed by atoms with Gasteiger partial charge in [-0.05, 0) is 38.5 Å². The monoisotopic (exact) mass is 469 g/mol. The molecule has 31 heavy (non-hydrogen) atoms. The highest BCUT2D eigenvalue weighted by Gasteiger charge is 2.47. The molecule has 2 N–H and O–H groups in total. The topological polar surface area (TPSA) is 122 Å². The molecule has 0 radical (unpaired) electrons. The number of aliphatic carboxylic acids is 1. The van der Waals surface area contributed by atoms with E-state index in [1.807, 2.05) is 13.0 Å². The molecule has 1 saturated carbocycles. The molecule has 3 fully saturated rings. The Morgan fingerprint density at radius 1 is 1.35 bits per heavy atom. The van der Waals surface area contributed by atoms with Gasteiger partial charge in [0.05, 0.1) is 23.2 Å². The molecule has 0 bridgehead atoms. The number of ether oxygens (including phenoxy) is 1. The van der Waals surface area contributed by atoms with E-state index in [1.54, 1.807) is 0 Å². The van der Waals surface area contributed by atoms with Crippen LogP contribution in [0.15, 0.2) is 10.6 Å². The Balaban J connectivity index is 0.000000339. The lowest BCUT2D eigenvalue weighted by Gasteiger charge is -2.52. The molecule has 13 heteroatoms. The number of carboxylic acids is 1. The largest absolute Gasteiger partial charge is 0.490 e. The summed E-state index contributed by atoms with van der Waals surface area (Å²) in [6, 6.07) is 1.97. The zero-order chi connectivity index (χ0) is 22.9. The van der Waals surface area contributed by atoms with Crippen LogP contribution in [0.1, 0.15) is 37.1 Å². The number of hydrogen-bond acceptors (Lipinski definition) is 7. The van der Waals surface area contributed by atoms with E-state index < -0.39 is 22.2 Å². The number of aromatic nitrogens is 1. The van der Waals surface area contributed by atoms with Crippen LogP contribution >= 0.6 is 0 Å². The molecule has 3 heterocycles. The molecule has 4 rings (SSSR count). The van der Waals surface area contributed by atoms with Crippen molar-refractivity contribution in [3.63, 3.8) is 0 Å². The Hall–Kier alpha value is -1.70. The summed E-state index contributed by atoms with van der Waals surface area (Å²) >= 11 is 0. The fourth-order valence-electron chi connectivity index (χ4n) is 3.66. The summed E-state index contributed by atoms with van der Waals surface area (Å²) in [5, 5.41) is 11.0. The van der Waals surface area contributed by atoms with E-state index in [9.17, 15) is 21.6 Å². The van der Waals surface area contributed by atoms with E-state index in [1.165, 1.54) is 0 Å². The molecule has 0 aromatic carbocycles. The number of hydrogen-bond donors (Lipinski definition) is 2. The lowest BCUT2D eigenvalue weighted by molar-refractivity contribution is -0.192. The Labute approximate surface area is 177 Å². The number of carbonyl (C=O) groups is 1. The van der Waals surface area contributed by atoms with E-state index in [4.69, 9.17) is 19.2 Å². The Morgan fingerprint density at radius 2 is 2.00 bits per heavy atom. The summed E-state index contributed by atoms with van der Waals surface area (Å²) < 4.78 is 69.5. The molecule has 9 nitrogen and oxygen atoms in total. The van der Waals surface area contributed by atoms with Gasteiger partial charge in [0.1, 0.15) is 5.76 Å². The molecule has 1 aromatic heterocycles. The van der Waals surface area contributed by atoms with Gasteiger partial charge in [-0.2, -0.15) is 13.2 Å². The van der Waals surface area contributed by atoms with Crippen LogP contribution in [0.5, 0.6) is 0 Å². The predicted octanol–water partition coefficient (Wildman–Crippen LogP) is 1.68. The third kappa shape index (κ3) is 6.64. The van der Waals surface area contributed by atoms with Crippen molar-refractivity contribution in [2.75, 3.05) is 26.2 Å². The smallest absolute Gasteiger partial charge is 0.475 e. The zero-order valence-corrected chi connectivity index (χ0v) is 17.8. The molecule has 1 spiro atoms. The molecule has 2 aliphatic heterocycles. The van der Waals surface area contributed by atoms with Crippen LogP contribution in [0.3, 0.4) is 0 Å². The highest BCUT2D eigenvalue weighted by molar-refractivity contribution is 7.90. The molecule has 1 aromatic rings. The van der Waals surface area contributed by atoms with Gasteiger partial charge in [-0.3, -0.25) is 4.90 Å². The summed E-state index contributed by atoms with van der Waals surface area (Å²) in [4.78, 5) is 11.2. The number of rotatable bonds is 6. The lowest BCUT2D eigenvalue weighted by Crippen LogP contribution is -2.64. The second-order valence-electron chi connectivity index (χ2n) is 8.37. The lowest BCUT2D eigenvalue weighted by atomic mass is 9.83. The normalized spacial score (nSPS) is 23.7. The number of sulfonamides is 1. The fraction of sp³-hybridized carbons (Fsp3) is 0.778. The van der Waals surface area contributed by atoms with Gasteiger partial charge in [0, 0.05) is 32.2 Å². The van der Waals surface area contributed by atoms with E-state index in [0.717, 1.165) is 56.8 Å². The van der Waals surface area contributed by atoms with Gasteiger partial charge in [0.25, 0.3) is 0 Å². The standard InChI is InChI=1S/C16H25N3O4S.C2HF3O2/c1-12-6-14(18-23-12)8-19-10-16(11-19)5-4-13(9-22-16)7-17-24(20,21)15-2-3-15;3-2(4,5)1(6)7/h6,13,15,17H,2-5,7-11H2,1H3;(H,6,7). The minimum absolute atomic E-state index is 0.0371. The van der Waals surface area contributed by atoms with Gasteiger partial charge in [-0.15, -0.1) is 0 Å². The maximum absolute atomic E-state index is 11.9. The highest BCUT2D eigenvalue weighted by Crippen LogP contribution is 2.36. The van der Waals surface area contributed by atoms with Crippen molar-refractivity contribution < 1.29 is 40.8 Å². The molecular formula is C18H26F3N3O6S. The summed E-state index contributed by atoms with van der Waals surface area (Å²) in [6.07, 6.45) is -1.46. The number of halogens is 3. The second kappa shape index (κ2) is 9.04. The Morgan fingerprint density at radius 3 is 2.45 bits per heavy atom. The molecule has 3 aliphatic rings. The van der Waals surface area contributed by atoms with Crippen LogP contribution in [0.25, 0.3) is 0 Å². The minimum atomic E-state index is -5.08. The number of likely N-dealkylation sites (tertiary alicyclic amines) is 1. The average Bonchev–Trinajstić information content (AvgIpc) is 3.44. The van der Waals surface area contributed by atoms with Crippen LogP contribution in [-0.4, -0.2) is 72.8 Å². The van der Waals surface area contributed by atoms with Crippen molar-refractivity contribution >= 4 is 16.0 Å². The van der Waals surface area contributed by atoms with Crippen LogP contribution in [0, 0.1) is 12.8 Å². The van der Waals surface area contributed by atoms with Gasteiger partial charge in [0.2, 0.25) is 10.0 Å².